The second-order valence-corrected chi connectivity index (χ2v) is 10.7. The van der Waals surface area contributed by atoms with Gasteiger partial charge in [0.1, 0.15) is 22.9 Å². The van der Waals surface area contributed by atoms with E-state index in [1.807, 2.05) is 36.4 Å². The van der Waals surface area contributed by atoms with Crippen LogP contribution in [0.5, 0.6) is 0 Å². The van der Waals surface area contributed by atoms with Gasteiger partial charge in [-0.2, -0.15) is 0 Å². The summed E-state index contributed by atoms with van der Waals surface area (Å²) in [4.78, 5) is 37.6. The minimum absolute atomic E-state index is 0.0615. The van der Waals surface area contributed by atoms with E-state index in [0.717, 1.165) is 13.1 Å². The van der Waals surface area contributed by atoms with E-state index >= 15 is 4.39 Å². The van der Waals surface area contributed by atoms with Crippen LogP contribution in [0.3, 0.4) is 0 Å². The molecule has 0 bridgehead atoms. The summed E-state index contributed by atoms with van der Waals surface area (Å²) in [6, 6.07) is 21.1. The Bertz CT molecular complexity index is 1880. The highest BCUT2D eigenvalue weighted by Crippen LogP contribution is 2.28. The Morgan fingerprint density at radius 1 is 1.02 bits per heavy atom. The van der Waals surface area contributed by atoms with Crippen molar-refractivity contribution in [2.75, 3.05) is 37.4 Å². The third-order valence-corrected chi connectivity index (χ3v) is 7.84. The van der Waals surface area contributed by atoms with Crippen molar-refractivity contribution in [1.82, 2.24) is 24.2 Å². The number of rotatable bonds is 7. The number of aromatic nitrogens is 4. The normalized spacial score (nSPS) is 13.6. The van der Waals surface area contributed by atoms with Gasteiger partial charge >= 0.3 is 0 Å². The minimum atomic E-state index is -0.508. The first kappa shape index (κ1) is 29.0. The smallest absolute Gasteiger partial charge is 0.284 e. The Morgan fingerprint density at radius 3 is 2.43 bits per heavy atom. The maximum absolute atomic E-state index is 15.0. The molecule has 0 aliphatic carbocycles. The summed E-state index contributed by atoms with van der Waals surface area (Å²) in [6.45, 7) is 5.10. The lowest BCUT2D eigenvalue weighted by Crippen LogP contribution is -2.35. The molecule has 0 saturated carbocycles. The lowest BCUT2D eigenvalue weighted by atomic mass is 10.1. The van der Waals surface area contributed by atoms with Gasteiger partial charge in [-0.25, -0.2) is 19.0 Å². The molecule has 2 aromatic heterocycles. The molecule has 1 aliphatic heterocycles. The molecule has 1 fully saturated rings. The standard InChI is InChI=1S/C33H32FN7O3/c1-21-29(33(43)41(39(21)2)26-6-4-3-5-7-26)32(42)37-25-12-10-22(11-13-25)30-31(35)36-19-28(38-30)23-8-9-24(27(34)18-23)20-40-14-16-44-17-15-40/h3-13,18-19H,14-17,20H2,1-2H3,(H2,35,36)(H,37,42). The number of carbonyl (C=O) groups excluding carboxylic acids is 1. The number of ether oxygens (including phenoxy) is 1. The SMILES string of the molecule is Cc1c(C(=O)Nc2ccc(-c3nc(-c4ccc(CN5CCOCC5)c(F)c4)cnc3N)cc2)c(=O)n(-c2ccccc2)n1C. The largest absolute Gasteiger partial charge is 0.382 e. The van der Waals surface area contributed by atoms with E-state index in [1.54, 1.807) is 49.0 Å². The Hall–Kier alpha value is -5.13. The van der Waals surface area contributed by atoms with E-state index < -0.39 is 11.5 Å². The van der Waals surface area contributed by atoms with Crippen LogP contribution in [0.4, 0.5) is 15.9 Å². The average Bonchev–Trinajstić information content (AvgIpc) is 3.26. The number of nitrogens with one attached hydrogen (secondary N) is 1. The van der Waals surface area contributed by atoms with Crippen LogP contribution < -0.4 is 16.6 Å². The molecular weight excluding hydrogens is 561 g/mol. The van der Waals surface area contributed by atoms with Gasteiger partial charge in [0.15, 0.2) is 0 Å². The van der Waals surface area contributed by atoms with Crippen molar-refractivity contribution < 1.29 is 13.9 Å². The van der Waals surface area contributed by atoms with Gasteiger partial charge in [0.05, 0.1) is 36.5 Å². The van der Waals surface area contributed by atoms with E-state index in [9.17, 15) is 9.59 Å². The van der Waals surface area contributed by atoms with Crippen molar-refractivity contribution in [3.05, 3.63) is 112 Å². The summed E-state index contributed by atoms with van der Waals surface area (Å²) in [5.74, 6) is -0.597. The van der Waals surface area contributed by atoms with E-state index in [-0.39, 0.29) is 17.2 Å². The van der Waals surface area contributed by atoms with Crippen LogP contribution in [0, 0.1) is 12.7 Å². The number of benzene rings is 3. The van der Waals surface area contributed by atoms with E-state index in [4.69, 9.17) is 10.5 Å². The van der Waals surface area contributed by atoms with Crippen molar-refractivity contribution in [1.29, 1.82) is 0 Å². The average molecular weight is 594 g/mol. The molecule has 1 aliphatic rings. The molecule has 0 unspecified atom stereocenters. The second-order valence-electron chi connectivity index (χ2n) is 10.7. The van der Waals surface area contributed by atoms with Crippen LogP contribution in [0.2, 0.25) is 0 Å². The Labute approximate surface area is 253 Å². The zero-order valence-corrected chi connectivity index (χ0v) is 24.5. The number of nitrogen functional groups attached to an aromatic ring is 1. The number of morpholine rings is 1. The number of nitrogens with zero attached hydrogens (tertiary/aromatic N) is 5. The van der Waals surface area contributed by atoms with Crippen LogP contribution in [-0.4, -0.2) is 56.4 Å². The van der Waals surface area contributed by atoms with Crippen molar-refractivity contribution in [3.8, 4) is 28.2 Å². The first-order chi connectivity index (χ1) is 21.3. The van der Waals surface area contributed by atoms with Gasteiger partial charge in [0.2, 0.25) is 0 Å². The van der Waals surface area contributed by atoms with Gasteiger partial charge < -0.3 is 15.8 Å². The predicted molar refractivity (Wildman–Crippen MR) is 167 cm³/mol. The van der Waals surface area contributed by atoms with Crippen molar-refractivity contribution >= 4 is 17.4 Å². The van der Waals surface area contributed by atoms with Gasteiger partial charge in [-0.05, 0) is 37.3 Å². The summed E-state index contributed by atoms with van der Waals surface area (Å²) in [5.41, 5.74) is 10.3. The second kappa shape index (κ2) is 12.2. The molecule has 44 heavy (non-hydrogen) atoms. The number of para-hydroxylation sites is 1. The summed E-state index contributed by atoms with van der Waals surface area (Å²) < 4.78 is 23.5. The number of hydrogen-bond acceptors (Lipinski definition) is 7. The predicted octanol–water partition coefficient (Wildman–Crippen LogP) is 4.41. The van der Waals surface area contributed by atoms with Crippen LogP contribution in [0.15, 0.2) is 83.8 Å². The molecule has 3 N–H and O–H groups in total. The van der Waals surface area contributed by atoms with Crippen LogP contribution in [0.25, 0.3) is 28.2 Å². The number of anilines is 2. The number of amides is 1. The topological polar surface area (TPSA) is 120 Å². The molecule has 0 radical (unpaired) electrons. The van der Waals surface area contributed by atoms with Crippen LogP contribution in [0.1, 0.15) is 21.6 Å². The molecule has 3 aromatic carbocycles. The summed E-state index contributed by atoms with van der Waals surface area (Å²) in [7, 11) is 1.74. The summed E-state index contributed by atoms with van der Waals surface area (Å²) >= 11 is 0. The van der Waals surface area contributed by atoms with E-state index in [0.29, 0.717) is 64.9 Å². The maximum atomic E-state index is 15.0. The lowest BCUT2D eigenvalue weighted by molar-refractivity contribution is 0.0337. The molecule has 10 nitrogen and oxygen atoms in total. The molecule has 3 heterocycles. The Kier molecular flexibility index (Phi) is 8.05. The number of halogens is 1. The molecule has 1 saturated heterocycles. The fourth-order valence-electron chi connectivity index (χ4n) is 5.32. The zero-order chi connectivity index (χ0) is 30.8. The highest BCUT2D eigenvalue weighted by atomic mass is 19.1. The summed E-state index contributed by atoms with van der Waals surface area (Å²) in [5, 5.41) is 2.82. The molecule has 6 rings (SSSR count). The molecule has 1 amide bonds. The van der Waals surface area contributed by atoms with Crippen molar-refractivity contribution in [2.24, 2.45) is 7.05 Å². The zero-order valence-electron chi connectivity index (χ0n) is 24.5. The van der Waals surface area contributed by atoms with Gasteiger partial charge in [-0.1, -0.05) is 42.5 Å². The van der Waals surface area contributed by atoms with Gasteiger partial charge in [0.25, 0.3) is 11.5 Å². The first-order valence-corrected chi connectivity index (χ1v) is 14.3. The number of hydrogen-bond donors (Lipinski definition) is 2. The van der Waals surface area contributed by atoms with Gasteiger partial charge in [-0.15, -0.1) is 0 Å². The monoisotopic (exact) mass is 593 g/mol. The van der Waals surface area contributed by atoms with Crippen LogP contribution >= 0.6 is 0 Å². The fourth-order valence-corrected chi connectivity index (χ4v) is 5.32. The quantitative estimate of drug-likeness (QED) is 0.287. The molecule has 5 aromatic rings. The fraction of sp³-hybridized carbons (Fsp3) is 0.212. The molecule has 224 valence electrons. The van der Waals surface area contributed by atoms with Crippen molar-refractivity contribution in [2.45, 2.75) is 13.5 Å². The first-order valence-electron chi connectivity index (χ1n) is 14.3. The number of carbonyl (C=O) groups is 1. The van der Waals surface area contributed by atoms with E-state index in [1.165, 1.54) is 16.9 Å². The van der Waals surface area contributed by atoms with E-state index in [2.05, 4.69) is 20.2 Å². The van der Waals surface area contributed by atoms with Gasteiger partial charge in [-0.3, -0.25) is 19.2 Å². The molecule has 0 spiro atoms. The third kappa shape index (κ3) is 5.75. The minimum Gasteiger partial charge on any atom is -0.382 e. The highest BCUT2D eigenvalue weighted by molar-refractivity contribution is 6.05. The third-order valence-electron chi connectivity index (χ3n) is 7.84. The Morgan fingerprint density at radius 2 is 1.73 bits per heavy atom. The Balaban J connectivity index is 1.20. The maximum Gasteiger partial charge on any atom is 0.284 e. The molecular formula is C33H32FN7O3. The van der Waals surface area contributed by atoms with Gasteiger partial charge in [0, 0.05) is 49.1 Å². The molecule has 0 atom stereocenters. The van der Waals surface area contributed by atoms with Crippen LogP contribution in [-0.2, 0) is 18.3 Å². The highest BCUT2D eigenvalue weighted by Gasteiger charge is 2.22. The number of nitrogens with two attached hydrogens (primary N) is 1. The summed E-state index contributed by atoms with van der Waals surface area (Å²) in [6.07, 6.45) is 1.52. The lowest BCUT2D eigenvalue weighted by Gasteiger charge is -2.26. The molecule has 11 heteroatoms. The van der Waals surface area contributed by atoms with Crippen molar-refractivity contribution in [3.63, 3.8) is 0 Å².